The predicted octanol–water partition coefficient (Wildman–Crippen LogP) is 19.8. The SMILES string of the molecule is C.C=C1Cc2cc(CC(=O)Cc3cc(Cl)ccc3O)ccc2N1.C=C1Cc2cc(CC(=O)Cc3cc(O)c(O)c(O)c3)ccc2N1.C=C1Cc2cc(CC(=O)Cc3cc(O)ccc3O)ccc2N1.C=C1Cc2cc(CC(=O)Cc3ccc(O)cc3)ccc2N1.C=C1Cc2cc(CC(=O)Cc3ccc(O)cc3)ccc2N1.C=C1Cc2cc(CC(=O)Cc3ccccc3O)ccc2N1. The Morgan fingerprint density at radius 1 is 0.237 bits per heavy atom. The number of para-hydroxylation sites is 1. The number of aromatic hydroxyl groups is 9. The van der Waals surface area contributed by atoms with Gasteiger partial charge in [0.25, 0.3) is 0 Å². The van der Waals surface area contributed by atoms with Crippen LogP contribution < -0.4 is 31.9 Å². The molecule has 6 aliphatic rings. The molecular weight excluding hydrogens is 1670 g/mol. The molecule has 0 aliphatic carbocycles. The zero-order valence-corrected chi connectivity index (χ0v) is 72.5. The lowest BCUT2D eigenvalue weighted by molar-refractivity contribution is -0.118. The first-order valence-electron chi connectivity index (χ1n) is 42.3. The molecule has 6 aliphatic heterocycles. The molecule has 18 rings (SSSR count). The van der Waals surface area contributed by atoms with E-state index in [1.165, 1.54) is 58.7 Å². The molecule has 0 bridgehead atoms. The van der Waals surface area contributed by atoms with Crippen LogP contribution in [0.1, 0.15) is 108 Å². The molecule has 0 spiro atoms. The maximum absolute atomic E-state index is 12.2. The van der Waals surface area contributed by atoms with Gasteiger partial charge in [-0.25, -0.2) is 0 Å². The molecule has 0 atom stereocenters. The van der Waals surface area contributed by atoms with Crippen molar-refractivity contribution in [2.45, 2.75) is 123 Å². The maximum Gasteiger partial charge on any atom is 0.200 e. The number of hydrogen-bond donors (Lipinski definition) is 15. The topological polar surface area (TPSA) is 357 Å². The van der Waals surface area contributed by atoms with Crippen molar-refractivity contribution in [1.29, 1.82) is 0 Å². The van der Waals surface area contributed by atoms with Crippen molar-refractivity contribution >= 4 is 80.4 Å². The Balaban J connectivity index is 0.000000142. The molecule has 0 saturated carbocycles. The largest absolute Gasteiger partial charge is 0.508 e. The third-order valence-electron chi connectivity index (χ3n) is 22.2. The van der Waals surface area contributed by atoms with Gasteiger partial charge in [0.05, 0.1) is 0 Å². The minimum Gasteiger partial charge on any atom is -0.508 e. The average molecular weight is 1770 g/mol. The summed E-state index contributed by atoms with van der Waals surface area (Å²) >= 11 is 5.90. The highest BCUT2D eigenvalue weighted by Gasteiger charge is 2.23. The van der Waals surface area contributed by atoms with Crippen LogP contribution in [0.5, 0.6) is 51.7 Å². The first kappa shape index (κ1) is 94.5. The quantitative estimate of drug-likeness (QED) is 0.0197. The number of rotatable bonds is 24. The number of ketones is 6. The lowest BCUT2D eigenvalue weighted by Crippen LogP contribution is -2.07. The number of hydrogen-bond acceptors (Lipinski definition) is 21. The summed E-state index contributed by atoms with van der Waals surface area (Å²) in [4.78, 5) is 73.0. The molecule has 15 N–H and O–H groups in total. The van der Waals surface area contributed by atoms with E-state index in [0.29, 0.717) is 72.2 Å². The number of anilines is 6. The van der Waals surface area contributed by atoms with Crippen LogP contribution in [0.4, 0.5) is 34.1 Å². The van der Waals surface area contributed by atoms with Gasteiger partial charge < -0.3 is 77.9 Å². The summed E-state index contributed by atoms with van der Waals surface area (Å²) in [5, 5.41) is 105. The van der Waals surface area contributed by atoms with Crippen molar-refractivity contribution in [2.75, 3.05) is 31.9 Å². The highest BCUT2D eigenvalue weighted by Crippen LogP contribution is 2.38. The van der Waals surface area contributed by atoms with Crippen LogP contribution >= 0.6 is 11.6 Å². The fraction of sp³-hybridized carbons (Fsp3) is 0.174. The number of carbonyl (C=O) groups excluding carboxylic acids is 6. The minimum absolute atomic E-state index is 0. The summed E-state index contributed by atoms with van der Waals surface area (Å²) in [6.07, 6.45) is 8.35. The Morgan fingerprint density at radius 2 is 0.473 bits per heavy atom. The van der Waals surface area contributed by atoms with Crippen molar-refractivity contribution in [3.05, 3.63) is 409 Å². The lowest BCUT2D eigenvalue weighted by Gasteiger charge is -2.07. The van der Waals surface area contributed by atoms with Crippen LogP contribution in [0.3, 0.4) is 0 Å². The maximum atomic E-state index is 12.2. The summed E-state index contributed by atoms with van der Waals surface area (Å²) in [5.74, 6) is -0.215. The number of carbonyl (C=O) groups is 6. The van der Waals surface area contributed by atoms with Crippen molar-refractivity contribution < 1.29 is 74.7 Å². The number of halogens is 1. The van der Waals surface area contributed by atoms with Gasteiger partial charge in [0.1, 0.15) is 69.2 Å². The van der Waals surface area contributed by atoms with E-state index in [0.717, 1.165) is 162 Å². The van der Waals surface area contributed by atoms with E-state index in [9.17, 15) is 74.7 Å². The summed E-state index contributed by atoms with van der Waals surface area (Å²) < 4.78 is 0. The number of Topliss-reactive ketones (excluding diaryl/α,β-unsaturated/α-hetero) is 6. The van der Waals surface area contributed by atoms with Crippen molar-refractivity contribution in [1.82, 2.24) is 0 Å². The number of phenolic OH excluding ortho intramolecular Hbond substituents is 9. The normalized spacial score (nSPS) is 12.7. The van der Waals surface area contributed by atoms with Crippen LogP contribution in [0.2, 0.25) is 5.02 Å². The molecule has 12 aromatic carbocycles. The smallest absolute Gasteiger partial charge is 0.200 e. The standard InChI is InChI=1S/C18H16ClNO2.C18H17NO4.C18H17NO3.3C18H17NO2.CH4/c1-11-6-13-7-12(2-4-17(13)20-11)8-16(21)10-14-9-15(19)3-5-18(14)22;1-10-4-13-5-11(2-3-15(13)19-10)6-14(20)7-12-8-16(21)18(23)17(22)9-12;1-11-6-13-7-12(2-4-17(13)19-11)8-16(21)10-14-9-15(20)3-5-18(14)22;2*1-12-8-15-9-14(4-7-18(15)19-12)11-17(21)10-13-2-5-16(20)6-3-13;1-12-8-15-9-13(6-7-17(15)19-12)10-16(20)11-14-4-2-3-5-18(14)21;/h2-5,7,9,20,22H,1,6,8,10H2;2-3,5,8-9,19,21-23H,1,4,6-7H2;2-5,7,9,19-20,22H,1,6,8,10H2;2*2-7,9,19-20H,1,8,10-11H2;2-7,9,19,21H,1,8,10-11H2;1H4. The molecule has 22 heteroatoms. The van der Waals surface area contributed by atoms with Crippen molar-refractivity contribution in [2.24, 2.45) is 0 Å². The molecule has 668 valence electrons. The van der Waals surface area contributed by atoms with Gasteiger partial charge in [-0.2, -0.15) is 0 Å². The van der Waals surface area contributed by atoms with Gasteiger partial charge in [0.15, 0.2) is 17.2 Å². The second-order valence-corrected chi connectivity index (χ2v) is 33.7. The second-order valence-electron chi connectivity index (χ2n) is 33.3. The molecule has 131 heavy (non-hydrogen) atoms. The first-order chi connectivity index (χ1) is 62.2. The third kappa shape index (κ3) is 27.0. The highest BCUT2D eigenvalue weighted by molar-refractivity contribution is 6.30. The molecular formula is C109H105ClN6O15. The lowest BCUT2D eigenvalue weighted by atomic mass is 10.00. The van der Waals surface area contributed by atoms with Crippen LogP contribution in [-0.2, 0) is 144 Å². The molecule has 0 amide bonds. The predicted molar refractivity (Wildman–Crippen MR) is 517 cm³/mol. The fourth-order valence-corrected chi connectivity index (χ4v) is 16.3. The van der Waals surface area contributed by atoms with E-state index in [2.05, 4.69) is 89.6 Å². The van der Waals surface area contributed by atoms with Crippen LogP contribution in [-0.4, -0.2) is 80.7 Å². The van der Waals surface area contributed by atoms with Crippen molar-refractivity contribution in [3.63, 3.8) is 0 Å². The van der Waals surface area contributed by atoms with Crippen LogP contribution in [0.15, 0.2) is 304 Å². The monoisotopic (exact) mass is 1770 g/mol. The number of phenols is 9. The Bertz CT molecular complexity index is 6190. The molecule has 0 aromatic heterocycles. The van der Waals surface area contributed by atoms with E-state index in [1.54, 1.807) is 78.9 Å². The van der Waals surface area contributed by atoms with Gasteiger partial charge >= 0.3 is 0 Å². The summed E-state index contributed by atoms with van der Waals surface area (Å²) in [5.41, 5.74) is 29.2. The van der Waals surface area contributed by atoms with E-state index >= 15 is 0 Å². The van der Waals surface area contributed by atoms with Crippen LogP contribution in [0, 0.1) is 0 Å². The van der Waals surface area contributed by atoms with E-state index < -0.39 is 17.2 Å². The number of benzene rings is 12. The summed E-state index contributed by atoms with van der Waals surface area (Å²) in [7, 11) is 0. The number of allylic oxidation sites excluding steroid dienone is 6. The number of fused-ring (bicyclic) bond motifs is 6. The molecule has 6 heterocycles. The van der Waals surface area contributed by atoms with Gasteiger partial charge in [-0.3, -0.25) is 28.8 Å². The van der Waals surface area contributed by atoms with E-state index in [1.807, 2.05) is 97.1 Å². The Morgan fingerprint density at radius 3 is 0.779 bits per heavy atom. The highest BCUT2D eigenvalue weighted by atomic mass is 35.5. The minimum atomic E-state index is -0.576. The molecule has 0 unspecified atom stereocenters. The zero-order valence-electron chi connectivity index (χ0n) is 71.8. The van der Waals surface area contributed by atoms with Crippen molar-refractivity contribution in [3.8, 4) is 51.7 Å². The van der Waals surface area contributed by atoms with Gasteiger partial charge in [0, 0.05) is 206 Å². The third-order valence-corrected chi connectivity index (χ3v) is 22.4. The summed E-state index contributed by atoms with van der Waals surface area (Å²) in [6.45, 7) is 23.5. The van der Waals surface area contributed by atoms with E-state index in [-0.39, 0.29) is 109 Å². The fourth-order valence-electron chi connectivity index (χ4n) is 16.1. The molecule has 0 radical (unpaired) electrons. The van der Waals surface area contributed by atoms with Gasteiger partial charge in [-0.05, 0) is 199 Å². The Labute approximate surface area is 766 Å². The average Bonchev–Trinajstić information content (AvgIpc) is 1.67. The molecule has 21 nitrogen and oxygen atoms in total. The van der Waals surface area contributed by atoms with E-state index in [4.69, 9.17) is 11.6 Å². The van der Waals surface area contributed by atoms with Crippen LogP contribution in [0.25, 0.3) is 0 Å². The first-order valence-corrected chi connectivity index (χ1v) is 42.7. The molecule has 12 aromatic rings. The Hall–Kier alpha value is -15.6. The zero-order chi connectivity index (χ0) is 92.4. The summed E-state index contributed by atoms with van der Waals surface area (Å²) in [6, 6.07) is 67.9. The molecule has 0 saturated heterocycles. The van der Waals surface area contributed by atoms with Gasteiger partial charge in [-0.15, -0.1) is 0 Å². The molecule has 0 fully saturated rings. The van der Waals surface area contributed by atoms with Gasteiger partial charge in [-0.1, -0.05) is 174 Å². The second kappa shape index (κ2) is 43.3. The van der Waals surface area contributed by atoms with Gasteiger partial charge in [0.2, 0.25) is 0 Å². The number of nitrogens with one attached hydrogen (secondary N) is 6. The Kier molecular flexibility index (Phi) is 31.2.